The first-order valence-corrected chi connectivity index (χ1v) is 6.34. The molecule has 0 saturated heterocycles. The molecule has 2 heterocycles. The number of allylic oxidation sites excluding steroid dienone is 1. The van der Waals surface area contributed by atoms with E-state index < -0.39 is 0 Å². The molecule has 3 aromatic rings. The maximum absolute atomic E-state index is 12.1. The van der Waals surface area contributed by atoms with Crippen molar-refractivity contribution >= 4 is 22.6 Å². The summed E-state index contributed by atoms with van der Waals surface area (Å²) in [4.78, 5) is 19.1. The van der Waals surface area contributed by atoms with Crippen molar-refractivity contribution in [1.82, 2.24) is 9.97 Å². The van der Waals surface area contributed by atoms with E-state index in [1.165, 1.54) is 12.3 Å². The van der Waals surface area contributed by atoms with Gasteiger partial charge in [0.05, 0.1) is 22.7 Å². The summed E-state index contributed by atoms with van der Waals surface area (Å²) in [5.41, 5.74) is 1.51. The van der Waals surface area contributed by atoms with Gasteiger partial charge >= 0.3 is 0 Å². The number of H-pyrrole nitrogens is 1. The monoisotopic (exact) mass is 277 g/mol. The Morgan fingerprint density at radius 1 is 1.43 bits per heavy atom. The molecule has 0 amide bonds. The van der Waals surface area contributed by atoms with Gasteiger partial charge in [0.1, 0.15) is 11.8 Å². The normalized spacial score (nSPS) is 11.5. The highest BCUT2D eigenvalue weighted by Gasteiger charge is 2.09. The van der Waals surface area contributed by atoms with Crippen LogP contribution < -0.4 is 5.56 Å². The molecule has 3 rings (SSSR count). The lowest BCUT2D eigenvalue weighted by Gasteiger charge is -2.02. The fourth-order valence-corrected chi connectivity index (χ4v) is 2.05. The first kappa shape index (κ1) is 12.9. The molecule has 0 radical (unpaired) electrons. The van der Waals surface area contributed by atoms with E-state index in [4.69, 9.17) is 4.42 Å². The van der Waals surface area contributed by atoms with Gasteiger partial charge in [0, 0.05) is 6.08 Å². The second-order valence-electron chi connectivity index (χ2n) is 4.62. The van der Waals surface area contributed by atoms with E-state index >= 15 is 0 Å². The van der Waals surface area contributed by atoms with Gasteiger partial charge in [-0.05, 0) is 31.2 Å². The van der Waals surface area contributed by atoms with Crippen molar-refractivity contribution in [3.63, 3.8) is 0 Å². The van der Waals surface area contributed by atoms with Gasteiger partial charge in [0.2, 0.25) is 0 Å². The van der Waals surface area contributed by atoms with E-state index in [2.05, 4.69) is 9.97 Å². The van der Waals surface area contributed by atoms with Crippen molar-refractivity contribution in [3.8, 4) is 6.07 Å². The summed E-state index contributed by atoms with van der Waals surface area (Å²) in [5.74, 6) is 0.758. The predicted molar refractivity (Wildman–Crippen MR) is 79.3 cm³/mol. The fourth-order valence-electron chi connectivity index (χ4n) is 2.05. The van der Waals surface area contributed by atoms with Gasteiger partial charge in [-0.25, -0.2) is 4.98 Å². The Hall–Kier alpha value is -3.13. The highest BCUT2D eigenvalue weighted by atomic mass is 16.3. The molecular formula is C16H11N3O2. The molecule has 1 N–H and O–H groups in total. The predicted octanol–water partition coefficient (Wildman–Crippen LogP) is 2.89. The molecule has 5 nitrogen and oxygen atoms in total. The maximum Gasteiger partial charge on any atom is 0.259 e. The highest BCUT2D eigenvalue weighted by molar-refractivity contribution is 5.88. The first-order valence-electron chi connectivity index (χ1n) is 6.34. The lowest BCUT2D eigenvalue weighted by atomic mass is 10.1. The number of rotatable bonds is 2. The average Bonchev–Trinajstić information content (AvgIpc) is 2.98. The van der Waals surface area contributed by atoms with E-state index in [1.54, 1.807) is 24.3 Å². The molecule has 102 valence electrons. The van der Waals surface area contributed by atoms with Crippen LogP contribution in [0.15, 0.2) is 45.8 Å². The number of hydrogen-bond acceptors (Lipinski definition) is 4. The molecule has 0 unspecified atom stereocenters. The van der Waals surface area contributed by atoms with Crippen LogP contribution in [0, 0.1) is 18.3 Å². The van der Waals surface area contributed by atoms with Crippen LogP contribution in [0.2, 0.25) is 0 Å². The summed E-state index contributed by atoms with van der Waals surface area (Å²) in [7, 11) is 0. The quantitative estimate of drug-likeness (QED) is 0.730. The van der Waals surface area contributed by atoms with Gasteiger partial charge in [-0.15, -0.1) is 0 Å². The third-order valence-corrected chi connectivity index (χ3v) is 3.07. The zero-order valence-electron chi connectivity index (χ0n) is 11.3. The molecule has 0 aliphatic carbocycles. The van der Waals surface area contributed by atoms with E-state index in [9.17, 15) is 10.1 Å². The molecular weight excluding hydrogens is 266 g/mol. The molecule has 0 aliphatic rings. The zero-order chi connectivity index (χ0) is 14.8. The van der Waals surface area contributed by atoms with Crippen LogP contribution in [-0.4, -0.2) is 9.97 Å². The minimum atomic E-state index is -0.265. The Kier molecular flexibility index (Phi) is 3.13. The Labute approximate surface area is 120 Å². The largest absolute Gasteiger partial charge is 0.465 e. The molecule has 0 bridgehead atoms. The van der Waals surface area contributed by atoms with Crippen LogP contribution >= 0.6 is 0 Å². The van der Waals surface area contributed by atoms with Crippen molar-refractivity contribution in [2.24, 2.45) is 0 Å². The Morgan fingerprint density at radius 3 is 3.00 bits per heavy atom. The van der Waals surface area contributed by atoms with Crippen molar-refractivity contribution in [2.75, 3.05) is 0 Å². The molecule has 1 aromatic carbocycles. The second kappa shape index (κ2) is 5.10. The number of aromatic amines is 1. The van der Waals surface area contributed by atoms with Crippen LogP contribution in [0.1, 0.15) is 17.1 Å². The van der Waals surface area contributed by atoms with Gasteiger partial charge in [0.15, 0.2) is 5.82 Å². The van der Waals surface area contributed by atoms with E-state index in [0.29, 0.717) is 16.7 Å². The van der Waals surface area contributed by atoms with Crippen LogP contribution in [0.5, 0.6) is 0 Å². The summed E-state index contributed by atoms with van der Waals surface area (Å²) in [6.45, 7) is 1.91. The number of nitrogens with zero attached hydrogens (tertiary/aromatic N) is 2. The van der Waals surface area contributed by atoms with Gasteiger partial charge in [0.25, 0.3) is 5.56 Å². The number of nitrogens with one attached hydrogen (secondary N) is 1. The summed E-state index contributed by atoms with van der Waals surface area (Å²) in [5, 5.41) is 9.77. The first-order chi connectivity index (χ1) is 10.2. The Balaban J connectivity index is 2.19. The zero-order valence-corrected chi connectivity index (χ0v) is 11.3. The van der Waals surface area contributed by atoms with Crippen molar-refractivity contribution < 1.29 is 4.42 Å². The average molecular weight is 277 g/mol. The lowest BCUT2D eigenvalue weighted by molar-refractivity contribution is 0.557. The summed E-state index contributed by atoms with van der Waals surface area (Å²) >= 11 is 0. The van der Waals surface area contributed by atoms with Crippen LogP contribution in [0.3, 0.4) is 0 Å². The number of furan rings is 1. The van der Waals surface area contributed by atoms with Crippen LogP contribution in [0.25, 0.3) is 22.6 Å². The van der Waals surface area contributed by atoms with Crippen molar-refractivity contribution in [1.29, 1.82) is 5.26 Å². The number of benzene rings is 1. The van der Waals surface area contributed by atoms with Crippen molar-refractivity contribution in [2.45, 2.75) is 6.92 Å². The number of fused-ring (bicyclic) bond motifs is 1. The number of nitriles is 1. The smallest absolute Gasteiger partial charge is 0.259 e. The number of aromatic nitrogens is 2. The van der Waals surface area contributed by atoms with Gasteiger partial charge in [-0.1, -0.05) is 11.6 Å². The third kappa shape index (κ3) is 2.47. The molecule has 5 heteroatoms. The van der Waals surface area contributed by atoms with Gasteiger partial charge in [-0.2, -0.15) is 5.26 Å². The van der Waals surface area contributed by atoms with Crippen LogP contribution in [-0.2, 0) is 0 Å². The molecule has 0 fully saturated rings. The SMILES string of the molecule is Cc1ccc2nc(C(C#N)=Cc3ccco3)[nH]c(=O)c2c1. The maximum atomic E-state index is 12.1. The Morgan fingerprint density at radius 2 is 2.29 bits per heavy atom. The van der Waals surface area contributed by atoms with Crippen LogP contribution in [0.4, 0.5) is 0 Å². The summed E-state index contributed by atoms with van der Waals surface area (Å²) < 4.78 is 5.17. The minimum absolute atomic E-state index is 0.232. The Bertz CT molecular complexity index is 928. The molecule has 21 heavy (non-hydrogen) atoms. The second-order valence-corrected chi connectivity index (χ2v) is 4.62. The van der Waals surface area contributed by atoms with Crippen molar-refractivity contribution in [3.05, 3.63) is 64.1 Å². The molecule has 0 spiro atoms. The van der Waals surface area contributed by atoms with E-state index in [-0.39, 0.29) is 17.0 Å². The number of hydrogen-bond donors (Lipinski definition) is 1. The van der Waals surface area contributed by atoms with E-state index in [1.807, 2.05) is 19.1 Å². The topological polar surface area (TPSA) is 82.7 Å². The molecule has 0 atom stereocenters. The summed E-state index contributed by atoms with van der Waals surface area (Å²) in [6, 6.07) is 10.9. The van der Waals surface area contributed by atoms with E-state index in [0.717, 1.165) is 5.56 Å². The fraction of sp³-hybridized carbons (Fsp3) is 0.0625. The number of aryl methyl sites for hydroxylation is 1. The molecule has 0 saturated carbocycles. The standard InChI is InChI=1S/C16H11N3O2/c1-10-4-5-14-13(7-10)16(20)19-15(18-14)11(9-17)8-12-3-2-6-21-12/h2-8H,1H3,(H,18,19,20). The summed E-state index contributed by atoms with van der Waals surface area (Å²) in [6.07, 6.45) is 3.05. The minimum Gasteiger partial charge on any atom is -0.465 e. The molecule has 0 aliphatic heterocycles. The lowest BCUT2D eigenvalue weighted by Crippen LogP contribution is -2.11. The molecule has 2 aromatic heterocycles. The third-order valence-electron chi connectivity index (χ3n) is 3.07. The van der Waals surface area contributed by atoms with Gasteiger partial charge < -0.3 is 9.40 Å². The van der Waals surface area contributed by atoms with Gasteiger partial charge in [-0.3, -0.25) is 4.79 Å². The highest BCUT2D eigenvalue weighted by Crippen LogP contribution is 2.16.